The summed E-state index contributed by atoms with van der Waals surface area (Å²) in [5.41, 5.74) is 3.72. The highest BCUT2D eigenvalue weighted by Gasteiger charge is 2.10. The summed E-state index contributed by atoms with van der Waals surface area (Å²) in [6.07, 6.45) is 1.78. The molecule has 5 heteroatoms. The molecule has 0 spiro atoms. The molecule has 0 saturated carbocycles. The molecule has 5 nitrogen and oxygen atoms in total. The Kier molecular flexibility index (Phi) is 3.02. The van der Waals surface area contributed by atoms with Gasteiger partial charge in [0, 0.05) is 17.8 Å². The molecule has 0 aliphatic carbocycles. The second kappa shape index (κ2) is 4.85. The first-order valence-electron chi connectivity index (χ1n) is 6.26. The maximum absolute atomic E-state index is 5.35. The third-order valence-corrected chi connectivity index (χ3v) is 3.16. The van der Waals surface area contributed by atoms with Crippen molar-refractivity contribution >= 4 is 5.65 Å². The molecule has 1 aromatic carbocycles. The van der Waals surface area contributed by atoms with Crippen LogP contribution in [-0.4, -0.2) is 28.8 Å². The van der Waals surface area contributed by atoms with Gasteiger partial charge in [-0.2, -0.15) is 5.10 Å². The van der Waals surface area contributed by atoms with E-state index in [4.69, 9.17) is 9.47 Å². The van der Waals surface area contributed by atoms with Crippen molar-refractivity contribution in [3.05, 3.63) is 42.2 Å². The van der Waals surface area contributed by atoms with Crippen molar-refractivity contribution in [1.29, 1.82) is 0 Å². The minimum absolute atomic E-state index is 0.693. The first kappa shape index (κ1) is 12.5. The molecule has 0 radical (unpaired) electrons. The van der Waals surface area contributed by atoms with E-state index in [1.807, 2.05) is 41.8 Å². The number of ether oxygens (including phenoxy) is 2. The quantitative estimate of drug-likeness (QED) is 0.733. The van der Waals surface area contributed by atoms with Gasteiger partial charge in [0.2, 0.25) is 0 Å². The number of methoxy groups -OCH3 is 2. The average Bonchev–Trinajstić information content (AvgIpc) is 2.86. The predicted octanol–water partition coefficient (Wildman–Crippen LogP) is 2.72. The molecule has 0 amide bonds. The zero-order chi connectivity index (χ0) is 14.1. The number of hydrogen-bond donors (Lipinski definition) is 0. The number of aromatic nitrogens is 3. The molecule has 0 aliphatic rings. The molecule has 0 fully saturated rings. The second-order valence-corrected chi connectivity index (χ2v) is 4.46. The smallest absolute Gasteiger partial charge is 0.161 e. The Bertz CT molecular complexity index is 765. The molecule has 0 unspecified atom stereocenters. The lowest BCUT2D eigenvalue weighted by Crippen LogP contribution is -1.97. The molecule has 3 aromatic rings. The van der Waals surface area contributed by atoms with Crippen LogP contribution in [0.5, 0.6) is 11.5 Å². The summed E-state index contributed by atoms with van der Waals surface area (Å²) in [5, 5.41) is 4.47. The average molecular weight is 269 g/mol. The van der Waals surface area contributed by atoms with E-state index in [0.29, 0.717) is 11.5 Å². The molecule has 0 aliphatic heterocycles. The molecule has 20 heavy (non-hydrogen) atoms. The Balaban J connectivity index is 2.20. The summed E-state index contributed by atoms with van der Waals surface area (Å²) in [6, 6.07) is 9.68. The SMILES string of the molecule is COc1ccc(-c2ccnc3cc(C)nn23)cc1OC. The summed E-state index contributed by atoms with van der Waals surface area (Å²) >= 11 is 0. The molecule has 0 saturated heterocycles. The molecule has 0 N–H and O–H groups in total. The van der Waals surface area contributed by atoms with Crippen molar-refractivity contribution in [3.8, 4) is 22.8 Å². The molecule has 2 aromatic heterocycles. The monoisotopic (exact) mass is 269 g/mol. The molecular formula is C15H15N3O2. The number of aryl methyl sites for hydroxylation is 1. The minimum Gasteiger partial charge on any atom is -0.493 e. The molecule has 0 bridgehead atoms. The Morgan fingerprint density at radius 2 is 1.80 bits per heavy atom. The van der Waals surface area contributed by atoms with Crippen LogP contribution in [0.4, 0.5) is 0 Å². The lowest BCUT2D eigenvalue weighted by Gasteiger charge is -2.10. The minimum atomic E-state index is 0.693. The van der Waals surface area contributed by atoms with Gasteiger partial charge in [0.15, 0.2) is 17.1 Å². The predicted molar refractivity (Wildman–Crippen MR) is 76.3 cm³/mol. The number of hydrogen-bond acceptors (Lipinski definition) is 4. The van der Waals surface area contributed by atoms with E-state index in [0.717, 1.165) is 22.6 Å². The van der Waals surface area contributed by atoms with Gasteiger partial charge in [-0.25, -0.2) is 9.50 Å². The van der Waals surface area contributed by atoms with Crippen LogP contribution in [0.25, 0.3) is 16.9 Å². The van der Waals surface area contributed by atoms with Gasteiger partial charge in [-0.15, -0.1) is 0 Å². The highest BCUT2D eigenvalue weighted by atomic mass is 16.5. The van der Waals surface area contributed by atoms with E-state index in [9.17, 15) is 0 Å². The van der Waals surface area contributed by atoms with Crippen LogP contribution in [0, 0.1) is 6.92 Å². The number of fused-ring (bicyclic) bond motifs is 1. The van der Waals surface area contributed by atoms with Gasteiger partial charge in [0.25, 0.3) is 0 Å². The maximum Gasteiger partial charge on any atom is 0.161 e. The first-order valence-corrected chi connectivity index (χ1v) is 6.26. The Hall–Kier alpha value is -2.56. The summed E-state index contributed by atoms with van der Waals surface area (Å²) in [5.74, 6) is 1.40. The van der Waals surface area contributed by atoms with Crippen molar-refractivity contribution in [2.24, 2.45) is 0 Å². The molecule has 2 heterocycles. The normalized spacial score (nSPS) is 10.8. The van der Waals surface area contributed by atoms with Crippen LogP contribution < -0.4 is 9.47 Å². The van der Waals surface area contributed by atoms with Gasteiger partial charge in [-0.3, -0.25) is 0 Å². The fourth-order valence-electron chi connectivity index (χ4n) is 2.22. The van der Waals surface area contributed by atoms with Crippen LogP contribution in [0.3, 0.4) is 0 Å². The molecule has 0 atom stereocenters. The standard InChI is InChI=1S/C15H15N3O2/c1-10-8-15-16-7-6-12(18(15)17-10)11-4-5-13(19-2)14(9-11)20-3/h4-9H,1-3H3. The van der Waals surface area contributed by atoms with Crippen molar-refractivity contribution in [2.45, 2.75) is 6.92 Å². The fourth-order valence-corrected chi connectivity index (χ4v) is 2.22. The molecule has 3 rings (SSSR count). The van der Waals surface area contributed by atoms with Crippen molar-refractivity contribution in [3.63, 3.8) is 0 Å². The summed E-state index contributed by atoms with van der Waals surface area (Å²) < 4.78 is 12.4. The Morgan fingerprint density at radius 3 is 2.55 bits per heavy atom. The van der Waals surface area contributed by atoms with Gasteiger partial charge >= 0.3 is 0 Å². The lowest BCUT2D eigenvalue weighted by molar-refractivity contribution is 0.355. The summed E-state index contributed by atoms with van der Waals surface area (Å²) in [7, 11) is 3.25. The van der Waals surface area contributed by atoms with Crippen molar-refractivity contribution in [2.75, 3.05) is 14.2 Å². The maximum atomic E-state index is 5.35. The van der Waals surface area contributed by atoms with Gasteiger partial charge < -0.3 is 9.47 Å². The van der Waals surface area contributed by atoms with E-state index >= 15 is 0 Å². The number of rotatable bonds is 3. The Morgan fingerprint density at radius 1 is 1.00 bits per heavy atom. The van der Waals surface area contributed by atoms with Crippen molar-refractivity contribution < 1.29 is 9.47 Å². The van der Waals surface area contributed by atoms with Crippen LogP contribution in [0.15, 0.2) is 36.5 Å². The molecular weight excluding hydrogens is 254 g/mol. The topological polar surface area (TPSA) is 48.7 Å². The van der Waals surface area contributed by atoms with Crippen LogP contribution in [0.1, 0.15) is 5.69 Å². The zero-order valence-corrected chi connectivity index (χ0v) is 11.6. The van der Waals surface area contributed by atoms with Gasteiger partial charge in [0.05, 0.1) is 25.6 Å². The first-order chi connectivity index (χ1) is 9.72. The van der Waals surface area contributed by atoms with Crippen LogP contribution >= 0.6 is 0 Å². The lowest BCUT2D eigenvalue weighted by atomic mass is 10.1. The van der Waals surface area contributed by atoms with Gasteiger partial charge in [-0.05, 0) is 31.2 Å². The third kappa shape index (κ3) is 1.97. The number of nitrogens with zero attached hydrogens (tertiary/aromatic N) is 3. The van der Waals surface area contributed by atoms with Gasteiger partial charge in [0.1, 0.15) is 0 Å². The largest absolute Gasteiger partial charge is 0.493 e. The number of benzene rings is 1. The van der Waals surface area contributed by atoms with Crippen LogP contribution in [0.2, 0.25) is 0 Å². The molecule has 102 valence electrons. The van der Waals surface area contributed by atoms with Crippen molar-refractivity contribution in [1.82, 2.24) is 14.6 Å². The highest BCUT2D eigenvalue weighted by molar-refractivity contribution is 5.66. The van der Waals surface area contributed by atoms with E-state index in [-0.39, 0.29) is 0 Å². The second-order valence-electron chi connectivity index (χ2n) is 4.46. The van der Waals surface area contributed by atoms with E-state index in [2.05, 4.69) is 10.1 Å². The summed E-state index contributed by atoms with van der Waals surface area (Å²) in [4.78, 5) is 4.31. The van der Waals surface area contributed by atoms with Crippen LogP contribution in [-0.2, 0) is 0 Å². The highest BCUT2D eigenvalue weighted by Crippen LogP contribution is 2.32. The third-order valence-electron chi connectivity index (χ3n) is 3.16. The fraction of sp³-hybridized carbons (Fsp3) is 0.200. The van der Waals surface area contributed by atoms with E-state index in [1.54, 1.807) is 20.4 Å². The van der Waals surface area contributed by atoms with Gasteiger partial charge in [-0.1, -0.05) is 0 Å². The zero-order valence-electron chi connectivity index (χ0n) is 11.6. The summed E-state index contributed by atoms with van der Waals surface area (Å²) in [6.45, 7) is 1.95. The van der Waals surface area contributed by atoms with E-state index < -0.39 is 0 Å². The van der Waals surface area contributed by atoms with E-state index in [1.165, 1.54) is 0 Å². The Labute approximate surface area is 116 Å².